The molecule has 3 aromatic heterocycles. The molecule has 0 bridgehead atoms. The fraction of sp³-hybridized carbons (Fsp3) is 0. The molecule has 0 radical (unpaired) electrons. The number of aromatic nitrogens is 3. The van der Waals surface area contributed by atoms with Gasteiger partial charge in [-0.15, -0.1) is 11.3 Å². The normalized spacial score (nSPS) is 14.0. The Morgan fingerprint density at radius 1 is 0.444 bits per heavy atom. The molecule has 0 aliphatic rings. The van der Waals surface area contributed by atoms with Crippen LogP contribution in [-0.2, 0) is 0 Å². The highest BCUT2D eigenvalue weighted by molar-refractivity contribution is 7.26. The summed E-state index contributed by atoms with van der Waals surface area (Å²) in [6, 6.07) is 35.7. The molecule has 4 nitrogen and oxygen atoms in total. The van der Waals surface area contributed by atoms with E-state index in [1.165, 1.54) is 10.1 Å². The first-order valence-electron chi connectivity index (χ1n) is 21.8. The molecule has 11 aromatic rings. The van der Waals surface area contributed by atoms with Gasteiger partial charge in [0.15, 0.2) is 17.5 Å². The molecule has 0 fully saturated rings. The lowest BCUT2D eigenvalue weighted by molar-refractivity contribution is 0.672. The van der Waals surface area contributed by atoms with E-state index in [0.29, 0.717) is 28.6 Å². The minimum atomic E-state index is -0.519. The van der Waals surface area contributed by atoms with E-state index in [1.54, 1.807) is 35.6 Å². The van der Waals surface area contributed by atoms with Gasteiger partial charge in [-0.2, -0.15) is 0 Å². The van der Waals surface area contributed by atoms with Gasteiger partial charge in [-0.25, -0.2) is 15.0 Å². The predicted molar refractivity (Wildman–Crippen MR) is 225 cm³/mol. The van der Waals surface area contributed by atoms with E-state index < -0.39 is 42.3 Å². The first kappa shape index (κ1) is 22.9. The number of nitrogens with zero attached hydrogens (tertiary/aromatic N) is 3. The summed E-state index contributed by atoms with van der Waals surface area (Å²) >= 11 is 1.71. The van der Waals surface area contributed by atoms with Crippen LogP contribution >= 0.6 is 11.3 Å². The highest BCUT2D eigenvalue weighted by Crippen LogP contribution is 2.43. The highest BCUT2D eigenvalue weighted by Gasteiger charge is 2.19. The molecule has 5 heteroatoms. The third kappa shape index (κ3) is 5.01. The molecule has 54 heavy (non-hydrogen) atoms. The Bertz CT molecular complexity index is 3730. The molecule has 0 saturated carbocycles. The van der Waals surface area contributed by atoms with Crippen LogP contribution < -0.4 is 0 Å². The summed E-state index contributed by atoms with van der Waals surface area (Å²) in [7, 11) is 0. The van der Waals surface area contributed by atoms with Crippen molar-refractivity contribution in [3.05, 3.63) is 176 Å². The van der Waals surface area contributed by atoms with Crippen LogP contribution in [0, 0.1) is 0 Å². The van der Waals surface area contributed by atoms with Crippen LogP contribution in [0.25, 0.3) is 109 Å². The summed E-state index contributed by atoms with van der Waals surface area (Å²) in [4.78, 5) is 15.1. The van der Waals surface area contributed by atoms with E-state index in [1.807, 2.05) is 54.6 Å². The fourth-order valence-corrected chi connectivity index (χ4v) is 8.33. The quantitative estimate of drug-likeness (QED) is 0.178. The van der Waals surface area contributed by atoms with Gasteiger partial charge < -0.3 is 4.42 Å². The standard InChI is InChI=1S/C49H29N3OS/c1-3-13-30(14-4-1)40-27-34(28-44-45(40)38-20-10-12-22-43(38)54-44)49-51-47(32-15-5-2-6-16-32)50-48(52-49)33-25-23-31(24-26-33)39-29-41-36-18-9-11-21-42(36)53-46(41)37-19-8-7-17-35(37)39/h1-29H/i7D,8D,9D,11D,17D,18D,19D,21D,29D. The Balaban J connectivity index is 1.13. The molecule has 0 amide bonds. The van der Waals surface area contributed by atoms with Gasteiger partial charge in [-0.05, 0) is 57.9 Å². The van der Waals surface area contributed by atoms with Crippen molar-refractivity contribution >= 4 is 64.2 Å². The van der Waals surface area contributed by atoms with E-state index in [9.17, 15) is 1.37 Å². The van der Waals surface area contributed by atoms with Crippen LogP contribution in [0.4, 0.5) is 0 Å². The van der Waals surface area contributed by atoms with Crippen molar-refractivity contribution in [3.8, 4) is 56.4 Å². The number of thiophene rings is 1. The molecule has 252 valence electrons. The maximum Gasteiger partial charge on any atom is 0.164 e. The van der Waals surface area contributed by atoms with Crippen LogP contribution in [0.3, 0.4) is 0 Å². The fourth-order valence-electron chi connectivity index (χ4n) is 7.16. The zero-order valence-corrected chi connectivity index (χ0v) is 29.0. The first-order chi connectivity index (χ1) is 30.5. The van der Waals surface area contributed by atoms with Crippen LogP contribution in [0.2, 0.25) is 0 Å². The number of para-hydroxylation sites is 1. The number of furan rings is 1. The highest BCUT2D eigenvalue weighted by atomic mass is 32.1. The number of benzene rings is 8. The third-order valence-corrected chi connectivity index (χ3v) is 10.8. The zero-order chi connectivity index (χ0) is 43.4. The van der Waals surface area contributed by atoms with Crippen molar-refractivity contribution in [1.29, 1.82) is 0 Å². The van der Waals surface area contributed by atoms with E-state index in [-0.39, 0.29) is 50.4 Å². The second-order valence-corrected chi connectivity index (χ2v) is 14.0. The van der Waals surface area contributed by atoms with Crippen molar-refractivity contribution in [1.82, 2.24) is 15.0 Å². The molecule has 8 aromatic carbocycles. The van der Waals surface area contributed by atoms with Gasteiger partial charge in [0.2, 0.25) is 0 Å². The summed E-state index contributed by atoms with van der Waals surface area (Å²) in [5, 5.41) is 2.32. The van der Waals surface area contributed by atoms with Crippen molar-refractivity contribution in [3.63, 3.8) is 0 Å². The lowest BCUT2D eigenvalue weighted by Crippen LogP contribution is -2.00. The zero-order valence-electron chi connectivity index (χ0n) is 37.2. The molecule has 3 heterocycles. The lowest BCUT2D eigenvalue weighted by atomic mass is 9.95. The monoisotopic (exact) mass is 716 g/mol. The van der Waals surface area contributed by atoms with Crippen LogP contribution in [0.5, 0.6) is 0 Å². The summed E-state index contributed by atoms with van der Waals surface area (Å²) < 4.78 is 87.0. The van der Waals surface area contributed by atoms with E-state index >= 15 is 0 Å². The molecule has 0 N–H and O–H groups in total. The third-order valence-electron chi connectivity index (χ3n) is 9.67. The summed E-state index contributed by atoms with van der Waals surface area (Å²) in [5.41, 5.74) is 4.61. The average Bonchev–Trinajstić information content (AvgIpc) is 3.91. The number of fused-ring (bicyclic) bond motifs is 8. The predicted octanol–water partition coefficient (Wildman–Crippen LogP) is 13.6. The van der Waals surface area contributed by atoms with Gasteiger partial charge in [0.1, 0.15) is 11.2 Å². The molecule has 0 atom stereocenters. The van der Waals surface area contributed by atoms with Crippen molar-refractivity contribution in [2.24, 2.45) is 0 Å². The van der Waals surface area contributed by atoms with E-state index in [4.69, 9.17) is 30.3 Å². The van der Waals surface area contributed by atoms with Gasteiger partial charge in [-0.1, -0.05) is 145 Å². The largest absolute Gasteiger partial charge is 0.455 e. The van der Waals surface area contributed by atoms with Gasteiger partial charge in [-0.3, -0.25) is 0 Å². The summed E-state index contributed by atoms with van der Waals surface area (Å²) in [6.45, 7) is 0. The van der Waals surface area contributed by atoms with Crippen LogP contribution in [-0.4, -0.2) is 15.0 Å². The van der Waals surface area contributed by atoms with Gasteiger partial charge in [0.05, 0.1) is 12.3 Å². The molecular weight excluding hydrogens is 679 g/mol. The van der Waals surface area contributed by atoms with Crippen molar-refractivity contribution in [2.45, 2.75) is 0 Å². The Kier molecular flexibility index (Phi) is 5.22. The Hall–Kier alpha value is -6.95. The number of hydrogen-bond acceptors (Lipinski definition) is 5. The Labute approximate surface area is 327 Å². The minimum absolute atomic E-state index is 0.0219. The molecule has 0 spiro atoms. The Morgan fingerprint density at radius 2 is 1.02 bits per heavy atom. The summed E-state index contributed by atoms with van der Waals surface area (Å²) in [6.07, 6.45) is 0. The van der Waals surface area contributed by atoms with E-state index in [0.717, 1.165) is 32.3 Å². The first-order valence-corrected chi connectivity index (χ1v) is 18.1. The Morgan fingerprint density at radius 3 is 1.78 bits per heavy atom. The minimum Gasteiger partial charge on any atom is -0.455 e. The van der Waals surface area contributed by atoms with Crippen molar-refractivity contribution < 1.29 is 16.8 Å². The number of rotatable bonds is 5. The maximum atomic E-state index is 9.58. The van der Waals surface area contributed by atoms with Gasteiger partial charge >= 0.3 is 0 Å². The molecule has 11 rings (SSSR count). The smallest absolute Gasteiger partial charge is 0.164 e. The number of hydrogen-bond donors (Lipinski definition) is 0. The lowest BCUT2D eigenvalue weighted by Gasteiger charge is -2.12. The molecule has 0 unspecified atom stereocenters. The SMILES string of the molecule is [2H]c1c([2H])c([2H])c2c(oc3c4c([2H])c([2H])c([2H])c([2H])c4c(-c4ccc(-c5nc(-c6ccccc6)nc(-c6cc(-c7ccccc7)c7c(c6)sc6ccccc67)n5)cc4)c([2H])c32)c1[2H]. The molecular formula is C49H29N3OS. The van der Waals surface area contributed by atoms with Gasteiger partial charge in [0.25, 0.3) is 0 Å². The van der Waals surface area contributed by atoms with E-state index in [2.05, 4.69) is 42.5 Å². The average molecular weight is 717 g/mol. The second-order valence-electron chi connectivity index (χ2n) is 12.9. The van der Waals surface area contributed by atoms with Crippen LogP contribution in [0.1, 0.15) is 12.3 Å². The molecule has 0 aliphatic heterocycles. The van der Waals surface area contributed by atoms with Crippen molar-refractivity contribution in [2.75, 3.05) is 0 Å². The molecule has 0 aliphatic carbocycles. The van der Waals surface area contributed by atoms with Crippen LogP contribution in [0.15, 0.2) is 180 Å². The summed E-state index contributed by atoms with van der Waals surface area (Å²) in [5.74, 6) is 1.32. The molecule has 0 saturated heterocycles. The second kappa shape index (κ2) is 12.3. The maximum absolute atomic E-state index is 9.58. The van der Waals surface area contributed by atoms with Gasteiger partial charge in [0, 0.05) is 53.0 Å². The topological polar surface area (TPSA) is 51.8 Å².